The Kier molecular flexibility index (Phi) is 3.40. The van der Waals surface area contributed by atoms with Crippen molar-refractivity contribution in [3.8, 4) is 0 Å². The van der Waals surface area contributed by atoms with Crippen molar-refractivity contribution in [2.45, 2.75) is 13.0 Å². The second-order valence-corrected chi connectivity index (χ2v) is 4.45. The highest BCUT2D eigenvalue weighted by Crippen LogP contribution is 2.10. The Balaban J connectivity index is 1.55. The first-order chi connectivity index (χ1) is 9.43. The first kappa shape index (κ1) is 11.7. The van der Waals surface area contributed by atoms with Crippen LogP contribution < -0.4 is 5.32 Å². The van der Waals surface area contributed by atoms with Gasteiger partial charge in [-0.3, -0.25) is 0 Å². The molecule has 0 aliphatic heterocycles. The van der Waals surface area contributed by atoms with Crippen molar-refractivity contribution in [1.82, 2.24) is 15.0 Å². The fourth-order valence-corrected chi connectivity index (χ4v) is 2.10. The summed E-state index contributed by atoms with van der Waals surface area (Å²) < 4.78 is 1.96. The molecule has 1 N–H and O–H groups in total. The van der Waals surface area contributed by atoms with Crippen LogP contribution >= 0.6 is 0 Å². The second-order valence-electron chi connectivity index (χ2n) is 4.45. The van der Waals surface area contributed by atoms with E-state index in [1.165, 1.54) is 0 Å². The molecule has 19 heavy (non-hydrogen) atoms. The van der Waals surface area contributed by atoms with E-state index >= 15 is 0 Å². The Labute approximate surface area is 112 Å². The van der Waals surface area contributed by atoms with Crippen molar-refractivity contribution in [2.24, 2.45) is 0 Å². The van der Waals surface area contributed by atoms with Gasteiger partial charge < -0.3 is 5.32 Å². The van der Waals surface area contributed by atoms with Gasteiger partial charge in [0, 0.05) is 18.8 Å². The lowest BCUT2D eigenvalue weighted by atomic mass is 10.3. The smallest absolute Gasteiger partial charge is 0.113 e. The second kappa shape index (κ2) is 5.52. The summed E-state index contributed by atoms with van der Waals surface area (Å²) in [7, 11) is 0. The molecule has 0 saturated carbocycles. The van der Waals surface area contributed by atoms with Crippen LogP contribution in [0.2, 0.25) is 0 Å². The molecule has 0 radical (unpaired) electrons. The van der Waals surface area contributed by atoms with Gasteiger partial charge in [0.15, 0.2) is 0 Å². The number of anilines is 1. The molecule has 3 aromatic rings. The van der Waals surface area contributed by atoms with E-state index in [1.807, 2.05) is 41.1 Å². The fourth-order valence-electron chi connectivity index (χ4n) is 2.10. The van der Waals surface area contributed by atoms with Crippen molar-refractivity contribution >= 4 is 16.7 Å². The number of hydrogen-bond acceptors (Lipinski definition) is 3. The SMILES string of the molecule is c1ccc(NCCCn2nnc3ccccc32)cc1. The van der Waals surface area contributed by atoms with E-state index in [4.69, 9.17) is 0 Å². The van der Waals surface area contributed by atoms with Gasteiger partial charge in [0.2, 0.25) is 0 Å². The highest BCUT2D eigenvalue weighted by Gasteiger charge is 2.02. The van der Waals surface area contributed by atoms with E-state index in [1.54, 1.807) is 0 Å². The van der Waals surface area contributed by atoms with Crippen molar-refractivity contribution in [3.63, 3.8) is 0 Å². The maximum atomic E-state index is 4.18. The average Bonchev–Trinajstić information content (AvgIpc) is 2.88. The average molecular weight is 252 g/mol. The van der Waals surface area contributed by atoms with Crippen molar-refractivity contribution in [1.29, 1.82) is 0 Å². The maximum absolute atomic E-state index is 4.18. The van der Waals surface area contributed by atoms with E-state index in [9.17, 15) is 0 Å². The van der Waals surface area contributed by atoms with Crippen molar-refractivity contribution < 1.29 is 0 Å². The lowest BCUT2D eigenvalue weighted by Crippen LogP contribution is -2.07. The van der Waals surface area contributed by atoms with Crippen LogP contribution in [0.4, 0.5) is 5.69 Å². The summed E-state index contributed by atoms with van der Waals surface area (Å²) in [5.41, 5.74) is 3.21. The zero-order valence-electron chi connectivity index (χ0n) is 10.7. The predicted octanol–water partition coefficient (Wildman–Crippen LogP) is 2.93. The molecule has 0 atom stereocenters. The number of benzene rings is 2. The van der Waals surface area contributed by atoms with Gasteiger partial charge in [-0.2, -0.15) is 0 Å². The molecule has 0 unspecified atom stereocenters. The number of fused-ring (bicyclic) bond motifs is 1. The van der Waals surface area contributed by atoms with Crippen LogP contribution in [0.25, 0.3) is 11.0 Å². The van der Waals surface area contributed by atoms with Gasteiger partial charge in [0.25, 0.3) is 0 Å². The summed E-state index contributed by atoms with van der Waals surface area (Å²) in [5.74, 6) is 0. The summed E-state index contributed by atoms with van der Waals surface area (Å²) in [6.45, 7) is 1.80. The standard InChI is InChI=1S/C15H16N4/c1-2-7-13(8-3-1)16-11-6-12-19-15-10-5-4-9-14(15)17-18-19/h1-5,7-10,16H,6,11-12H2. The highest BCUT2D eigenvalue weighted by molar-refractivity contribution is 5.73. The molecule has 4 heteroatoms. The minimum absolute atomic E-state index is 0.875. The van der Waals surface area contributed by atoms with Crippen LogP contribution in [0.15, 0.2) is 54.6 Å². The molecular formula is C15H16N4. The van der Waals surface area contributed by atoms with Crippen LogP contribution in [0.3, 0.4) is 0 Å². The highest BCUT2D eigenvalue weighted by atomic mass is 15.4. The summed E-state index contributed by atoms with van der Waals surface area (Å²) in [6, 6.07) is 18.3. The van der Waals surface area contributed by atoms with Crippen LogP contribution in [-0.4, -0.2) is 21.5 Å². The van der Waals surface area contributed by atoms with Gasteiger partial charge in [-0.1, -0.05) is 35.5 Å². The zero-order chi connectivity index (χ0) is 12.9. The Morgan fingerprint density at radius 1 is 0.947 bits per heavy atom. The van der Waals surface area contributed by atoms with E-state index in [2.05, 4.69) is 33.8 Å². The molecule has 0 bridgehead atoms. The number of aromatic nitrogens is 3. The molecule has 0 saturated heterocycles. The van der Waals surface area contributed by atoms with Crippen LogP contribution in [0.1, 0.15) is 6.42 Å². The number of nitrogens with one attached hydrogen (secondary N) is 1. The summed E-state index contributed by atoms with van der Waals surface area (Å²) in [4.78, 5) is 0. The number of rotatable bonds is 5. The van der Waals surface area contributed by atoms with Gasteiger partial charge >= 0.3 is 0 Å². The van der Waals surface area contributed by atoms with Gasteiger partial charge in [-0.05, 0) is 30.7 Å². The zero-order valence-corrected chi connectivity index (χ0v) is 10.7. The van der Waals surface area contributed by atoms with Gasteiger partial charge in [0.05, 0.1) is 5.52 Å². The molecule has 0 amide bonds. The Morgan fingerprint density at radius 3 is 2.63 bits per heavy atom. The third-order valence-corrected chi connectivity index (χ3v) is 3.07. The first-order valence-corrected chi connectivity index (χ1v) is 6.51. The van der Waals surface area contributed by atoms with Crippen LogP contribution in [-0.2, 0) is 6.54 Å². The van der Waals surface area contributed by atoms with Gasteiger partial charge in [-0.15, -0.1) is 5.10 Å². The molecule has 0 spiro atoms. The molecule has 0 aliphatic carbocycles. The number of hydrogen-bond donors (Lipinski definition) is 1. The molecule has 1 heterocycles. The van der Waals surface area contributed by atoms with Crippen LogP contribution in [0, 0.1) is 0 Å². The Hall–Kier alpha value is -2.36. The molecule has 3 rings (SSSR count). The summed E-state index contributed by atoms with van der Waals surface area (Å²) in [5, 5.41) is 11.7. The first-order valence-electron chi connectivity index (χ1n) is 6.51. The summed E-state index contributed by atoms with van der Waals surface area (Å²) in [6.07, 6.45) is 1.02. The molecule has 96 valence electrons. The minimum Gasteiger partial charge on any atom is -0.385 e. The van der Waals surface area contributed by atoms with Crippen LogP contribution in [0.5, 0.6) is 0 Å². The van der Waals surface area contributed by atoms with Gasteiger partial charge in [-0.25, -0.2) is 4.68 Å². The normalized spacial score (nSPS) is 10.7. The topological polar surface area (TPSA) is 42.7 Å². The Morgan fingerprint density at radius 2 is 1.74 bits per heavy atom. The van der Waals surface area contributed by atoms with Gasteiger partial charge in [0.1, 0.15) is 5.52 Å². The van der Waals surface area contributed by atoms with E-state index < -0.39 is 0 Å². The minimum atomic E-state index is 0.875. The number of aryl methyl sites for hydroxylation is 1. The fraction of sp³-hybridized carbons (Fsp3) is 0.200. The third-order valence-electron chi connectivity index (χ3n) is 3.07. The summed E-state index contributed by atoms with van der Waals surface area (Å²) >= 11 is 0. The third kappa shape index (κ3) is 2.73. The van der Waals surface area contributed by atoms with Crippen molar-refractivity contribution in [3.05, 3.63) is 54.6 Å². The largest absolute Gasteiger partial charge is 0.385 e. The van der Waals surface area contributed by atoms with E-state index in [0.29, 0.717) is 0 Å². The lowest BCUT2D eigenvalue weighted by molar-refractivity contribution is 0.586. The molecule has 0 fully saturated rings. The molecular weight excluding hydrogens is 236 g/mol. The van der Waals surface area contributed by atoms with E-state index in [-0.39, 0.29) is 0 Å². The molecule has 4 nitrogen and oxygen atoms in total. The maximum Gasteiger partial charge on any atom is 0.113 e. The molecule has 1 aromatic heterocycles. The van der Waals surface area contributed by atoms with E-state index in [0.717, 1.165) is 36.2 Å². The lowest BCUT2D eigenvalue weighted by Gasteiger charge is -2.06. The molecule has 2 aromatic carbocycles. The predicted molar refractivity (Wildman–Crippen MR) is 77.1 cm³/mol. The van der Waals surface area contributed by atoms with Crippen molar-refractivity contribution in [2.75, 3.05) is 11.9 Å². The monoisotopic (exact) mass is 252 g/mol. The quantitative estimate of drug-likeness (QED) is 0.710. The Bertz CT molecular complexity index is 645. The number of para-hydroxylation sites is 2. The number of nitrogens with zero attached hydrogens (tertiary/aromatic N) is 3. The molecule has 0 aliphatic rings.